The van der Waals surface area contributed by atoms with Gasteiger partial charge in [0.1, 0.15) is 11.9 Å². The number of nitrogens with one attached hydrogen (secondary N) is 1. The first-order valence-corrected chi connectivity index (χ1v) is 4.90. The molecule has 1 fully saturated rings. The monoisotopic (exact) mass is 192 g/mol. The van der Waals surface area contributed by atoms with Gasteiger partial charge < -0.3 is 15.0 Å². The Morgan fingerprint density at radius 1 is 1.36 bits per heavy atom. The Balaban J connectivity index is 2.05. The maximum Gasteiger partial charge on any atom is 0.123 e. The molecular weight excluding hydrogens is 176 g/mol. The van der Waals surface area contributed by atoms with Gasteiger partial charge in [0.25, 0.3) is 0 Å². The summed E-state index contributed by atoms with van der Waals surface area (Å²) in [5, 5.41) is 3.18. The molecule has 14 heavy (non-hydrogen) atoms. The molecule has 3 nitrogen and oxygen atoms in total. The number of anilines is 1. The van der Waals surface area contributed by atoms with Crippen LogP contribution in [0.2, 0.25) is 0 Å². The zero-order chi connectivity index (χ0) is 9.97. The third-order valence-electron chi connectivity index (χ3n) is 2.38. The van der Waals surface area contributed by atoms with Crippen molar-refractivity contribution in [2.45, 2.75) is 6.10 Å². The normalized spacial score (nSPS) is 16.1. The molecule has 1 aromatic carbocycles. The Kier molecular flexibility index (Phi) is 2.59. The molecule has 1 aliphatic heterocycles. The minimum absolute atomic E-state index is 0.354. The lowest BCUT2D eigenvalue weighted by molar-refractivity contribution is 0.142. The molecule has 0 spiro atoms. The van der Waals surface area contributed by atoms with E-state index in [1.54, 1.807) is 0 Å². The number of ether oxygens (including phenoxy) is 1. The molecule has 0 aliphatic carbocycles. The first-order valence-electron chi connectivity index (χ1n) is 4.90. The molecule has 76 valence electrons. The number of rotatable bonds is 3. The van der Waals surface area contributed by atoms with E-state index in [0.29, 0.717) is 6.10 Å². The van der Waals surface area contributed by atoms with Crippen LogP contribution in [0, 0.1) is 0 Å². The van der Waals surface area contributed by atoms with Gasteiger partial charge in [0.15, 0.2) is 0 Å². The van der Waals surface area contributed by atoms with Gasteiger partial charge >= 0.3 is 0 Å². The molecule has 0 radical (unpaired) electrons. The van der Waals surface area contributed by atoms with Gasteiger partial charge in [-0.1, -0.05) is 6.07 Å². The van der Waals surface area contributed by atoms with E-state index in [1.165, 1.54) is 5.69 Å². The first-order chi connectivity index (χ1) is 6.75. The minimum Gasteiger partial charge on any atom is -0.488 e. The molecule has 1 aliphatic rings. The van der Waals surface area contributed by atoms with Crippen LogP contribution in [-0.2, 0) is 0 Å². The Labute approximate surface area is 84.7 Å². The second-order valence-corrected chi connectivity index (χ2v) is 3.79. The van der Waals surface area contributed by atoms with Crippen LogP contribution in [0.1, 0.15) is 0 Å². The van der Waals surface area contributed by atoms with Gasteiger partial charge in [-0.15, -0.1) is 0 Å². The van der Waals surface area contributed by atoms with Crippen molar-refractivity contribution in [2.24, 2.45) is 0 Å². The van der Waals surface area contributed by atoms with Gasteiger partial charge in [-0.05, 0) is 12.1 Å². The predicted octanol–water partition coefficient (Wildman–Crippen LogP) is 1.10. The summed E-state index contributed by atoms with van der Waals surface area (Å²) in [6, 6.07) is 8.17. The number of benzene rings is 1. The molecule has 2 rings (SSSR count). The average molecular weight is 192 g/mol. The maximum absolute atomic E-state index is 5.75. The van der Waals surface area contributed by atoms with Crippen LogP contribution in [-0.4, -0.2) is 33.3 Å². The highest BCUT2D eigenvalue weighted by Gasteiger charge is 2.18. The maximum atomic E-state index is 5.75. The summed E-state index contributed by atoms with van der Waals surface area (Å²) in [6.07, 6.45) is 0.354. The van der Waals surface area contributed by atoms with Crippen LogP contribution in [0.5, 0.6) is 5.75 Å². The quantitative estimate of drug-likeness (QED) is 0.776. The van der Waals surface area contributed by atoms with Gasteiger partial charge in [-0.3, -0.25) is 0 Å². The number of nitrogens with zero attached hydrogens (tertiary/aromatic N) is 1. The summed E-state index contributed by atoms with van der Waals surface area (Å²) < 4.78 is 5.75. The second kappa shape index (κ2) is 3.88. The zero-order valence-electron chi connectivity index (χ0n) is 8.66. The average Bonchev–Trinajstić information content (AvgIpc) is 2.12. The van der Waals surface area contributed by atoms with Gasteiger partial charge in [0, 0.05) is 38.9 Å². The third kappa shape index (κ3) is 1.99. The molecular formula is C11H16N2O. The predicted molar refractivity (Wildman–Crippen MR) is 58.1 cm³/mol. The third-order valence-corrected chi connectivity index (χ3v) is 2.38. The molecule has 0 unspecified atom stereocenters. The van der Waals surface area contributed by atoms with Crippen LogP contribution >= 0.6 is 0 Å². The molecule has 0 bridgehead atoms. The highest BCUT2D eigenvalue weighted by Crippen LogP contribution is 2.20. The molecule has 0 saturated carbocycles. The lowest BCUT2D eigenvalue weighted by Crippen LogP contribution is -2.50. The van der Waals surface area contributed by atoms with E-state index in [0.717, 1.165) is 18.8 Å². The minimum atomic E-state index is 0.354. The van der Waals surface area contributed by atoms with E-state index < -0.39 is 0 Å². The zero-order valence-corrected chi connectivity index (χ0v) is 8.66. The second-order valence-electron chi connectivity index (χ2n) is 3.79. The molecule has 1 saturated heterocycles. The van der Waals surface area contributed by atoms with E-state index >= 15 is 0 Å². The van der Waals surface area contributed by atoms with E-state index in [9.17, 15) is 0 Å². The van der Waals surface area contributed by atoms with Crippen LogP contribution in [0.25, 0.3) is 0 Å². The Morgan fingerprint density at radius 2 is 2.14 bits per heavy atom. The van der Waals surface area contributed by atoms with Gasteiger partial charge in [0.05, 0.1) is 0 Å². The van der Waals surface area contributed by atoms with Crippen molar-refractivity contribution >= 4 is 5.69 Å². The van der Waals surface area contributed by atoms with E-state index in [-0.39, 0.29) is 0 Å². The summed E-state index contributed by atoms with van der Waals surface area (Å²) in [5.41, 5.74) is 1.18. The summed E-state index contributed by atoms with van der Waals surface area (Å²) >= 11 is 0. The molecule has 1 N–H and O–H groups in total. The SMILES string of the molecule is CN(C)c1cccc(OC2CNC2)c1. The summed E-state index contributed by atoms with van der Waals surface area (Å²) in [5.74, 6) is 0.961. The smallest absolute Gasteiger partial charge is 0.123 e. The fraction of sp³-hybridized carbons (Fsp3) is 0.455. The molecule has 0 atom stereocenters. The van der Waals surface area contributed by atoms with Gasteiger partial charge in [0.2, 0.25) is 0 Å². The molecule has 3 heteroatoms. The van der Waals surface area contributed by atoms with Crippen LogP contribution in [0.4, 0.5) is 5.69 Å². The Bertz CT molecular complexity index is 308. The van der Waals surface area contributed by atoms with Crippen molar-refractivity contribution in [1.29, 1.82) is 0 Å². The van der Waals surface area contributed by atoms with Gasteiger partial charge in [-0.25, -0.2) is 0 Å². The Morgan fingerprint density at radius 3 is 2.71 bits per heavy atom. The van der Waals surface area contributed by atoms with E-state index in [4.69, 9.17) is 4.74 Å². The summed E-state index contributed by atoms with van der Waals surface area (Å²) in [6.45, 7) is 1.93. The standard InChI is InChI=1S/C11H16N2O/c1-13(2)9-4-3-5-10(6-9)14-11-7-12-8-11/h3-6,11-12H,7-8H2,1-2H3. The molecule has 1 heterocycles. The topological polar surface area (TPSA) is 24.5 Å². The van der Waals surface area contributed by atoms with E-state index in [2.05, 4.69) is 22.3 Å². The number of hydrogen-bond donors (Lipinski definition) is 1. The fourth-order valence-corrected chi connectivity index (χ4v) is 1.37. The molecule has 1 aromatic rings. The van der Waals surface area contributed by atoms with E-state index in [1.807, 2.05) is 26.2 Å². The Hall–Kier alpha value is -1.22. The lowest BCUT2D eigenvalue weighted by Gasteiger charge is -2.28. The summed E-state index contributed by atoms with van der Waals surface area (Å²) in [4.78, 5) is 2.08. The number of hydrogen-bond acceptors (Lipinski definition) is 3. The van der Waals surface area contributed by atoms with Crippen molar-refractivity contribution in [2.75, 3.05) is 32.1 Å². The lowest BCUT2D eigenvalue weighted by atomic mass is 10.2. The first kappa shape index (κ1) is 9.34. The van der Waals surface area contributed by atoms with Crippen LogP contribution < -0.4 is 15.0 Å². The molecule has 0 amide bonds. The van der Waals surface area contributed by atoms with Crippen molar-refractivity contribution < 1.29 is 4.74 Å². The van der Waals surface area contributed by atoms with Crippen molar-refractivity contribution in [3.63, 3.8) is 0 Å². The summed E-state index contributed by atoms with van der Waals surface area (Å²) in [7, 11) is 4.06. The van der Waals surface area contributed by atoms with Gasteiger partial charge in [-0.2, -0.15) is 0 Å². The molecule has 0 aromatic heterocycles. The largest absolute Gasteiger partial charge is 0.488 e. The van der Waals surface area contributed by atoms with Crippen molar-refractivity contribution in [1.82, 2.24) is 5.32 Å². The van der Waals surface area contributed by atoms with Crippen molar-refractivity contribution in [3.05, 3.63) is 24.3 Å². The van der Waals surface area contributed by atoms with Crippen LogP contribution in [0.15, 0.2) is 24.3 Å². The van der Waals surface area contributed by atoms with Crippen molar-refractivity contribution in [3.8, 4) is 5.75 Å². The van der Waals surface area contributed by atoms with Crippen LogP contribution in [0.3, 0.4) is 0 Å². The highest BCUT2D eigenvalue weighted by atomic mass is 16.5. The fourth-order valence-electron chi connectivity index (χ4n) is 1.37. The highest BCUT2D eigenvalue weighted by molar-refractivity contribution is 5.49.